The Morgan fingerprint density at radius 1 is 1.19 bits per heavy atom. The summed E-state index contributed by atoms with van der Waals surface area (Å²) in [6.45, 7) is 0. The first-order chi connectivity index (χ1) is 15.0. The molecule has 1 aromatic carbocycles. The third-order valence-electron chi connectivity index (χ3n) is 5.04. The van der Waals surface area contributed by atoms with Crippen molar-refractivity contribution in [3.05, 3.63) is 83.3 Å². The number of amides is 2. The molecule has 3 atom stereocenters. The van der Waals surface area contributed by atoms with E-state index in [4.69, 9.17) is 0 Å². The Bertz CT molecular complexity index is 1110. The molecular formula is C22H19N3O5S. The molecule has 4 rings (SSSR count). The van der Waals surface area contributed by atoms with Gasteiger partial charge in [0.2, 0.25) is 5.91 Å². The lowest BCUT2D eigenvalue weighted by atomic mass is 10.0. The molecule has 2 unspecified atom stereocenters. The predicted octanol–water partition coefficient (Wildman–Crippen LogP) is 1.09. The molecule has 1 aromatic heterocycles. The van der Waals surface area contributed by atoms with E-state index in [1.54, 1.807) is 60.9 Å². The first kappa shape index (κ1) is 20.7. The van der Waals surface area contributed by atoms with Crippen LogP contribution in [0.1, 0.15) is 11.1 Å². The van der Waals surface area contributed by atoms with E-state index in [1.807, 2.05) is 6.07 Å². The molecule has 0 saturated carbocycles. The van der Waals surface area contributed by atoms with Crippen LogP contribution in [-0.4, -0.2) is 54.2 Å². The molecule has 8 nitrogen and oxygen atoms in total. The lowest BCUT2D eigenvalue weighted by Crippen LogP contribution is -2.73. The van der Waals surface area contributed by atoms with Crippen LogP contribution in [0.25, 0.3) is 6.08 Å². The van der Waals surface area contributed by atoms with Gasteiger partial charge in [0.15, 0.2) is 0 Å². The molecule has 2 aromatic rings. The Labute approximate surface area is 180 Å². The van der Waals surface area contributed by atoms with Gasteiger partial charge in [-0.25, -0.2) is 4.79 Å². The van der Waals surface area contributed by atoms with Crippen molar-refractivity contribution in [2.24, 2.45) is 0 Å². The van der Waals surface area contributed by atoms with Crippen molar-refractivity contribution in [1.82, 2.24) is 15.2 Å². The normalized spacial score (nSPS) is 22.8. The highest BCUT2D eigenvalue weighted by atomic mass is 32.2. The zero-order valence-corrected chi connectivity index (χ0v) is 17.1. The number of β-lactam (4-membered cyclic amide) rings is 1. The number of benzene rings is 1. The van der Waals surface area contributed by atoms with Gasteiger partial charge in [0.05, 0.1) is 23.0 Å². The SMILES string of the molecule is O=C(Cc1ccccc1)NC1C(=O)N2C(C(=O)O)=C(C=Cc3cccnc3)CS(=O)[C@@H]12. The Hall–Kier alpha value is -3.59. The molecule has 0 spiro atoms. The first-order valence-electron chi connectivity index (χ1n) is 9.54. The summed E-state index contributed by atoms with van der Waals surface area (Å²) < 4.78 is 12.8. The number of aliphatic carboxylic acids is 1. The number of pyridine rings is 1. The minimum absolute atomic E-state index is 0.0299. The third-order valence-corrected chi connectivity index (χ3v) is 6.66. The average Bonchev–Trinajstić information content (AvgIpc) is 2.76. The Morgan fingerprint density at radius 3 is 2.65 bits per heavy atom. The van der Waals surface area contributed by atoms with Crippen molar-refractivity contribution in [2.75, 3.05) is 5.75 Å². The summed E-state index contributed by atoms with van der Waals surface area (Å²) in [5.41, 5.74) is 1.60. The highest BCUT2D eigenvalue weighted by molar-refractivity contribution is 7.86. The summed E-state index contributed by atoms with van der Waals surface area (Å²) in [4.78, 5) is 42.0. The van der Waals surface area contributed by atoms with Crippen LogP contribution >= 0.6 is 0 Å². The van der Waals surface area contributed by atoms with Gasteiger partial charge < -0.3 is 10.4 Å². The molecule has 1 fully saturated rings. The number of carboxylic acid groups (broad SMARTS) is 1. The maximum absolute atomic E-state index is 12.8. The highest BCUT2D eigenvalue weighted by Gasteiger charge is 2.56. The second-order valence-corrected chi connectivity index (χ2v) is 8.66. The fourth-order valence-electron chi connectivity index (χ4n) is 3.61. The largest absolute Gasteiger partial charge is 0.477 e. The number of rotatable bonds is 6. The Morgan fingerprint density at radius 2 is 1.97 bits per heavy atom. The van der Waals surface area contributed by atoms with Crippen LogP contribution in [0, 0.1) is 0 Å². The van der Waals surface area contributed by atoms with Crippen molar-refractivity contribution in [2.45, 2.75) is 17.8 Å². The zero-order valence-electron chi connectivity index (χ0n) is 16.3. The first-order valence-corrected chi connectivity index (χ1v) is 10.9. The van der Waals surface area contributed by atoms with E-state index < -0.39 is 34.1 Å². The Balaban J connectivity index is 1.54. The summed E-state index contributed by atoms with van der Waals surface area (Å²) in [5.74, 6) is -2.28. The number of carbonyl (C=O) groups excluding carboxylic acids is 2. The molecule has 31 heavy (non-hydrogen) atoms. The number of nitrogens with zero attached hydrogens (tertiary/aromatic N) is 2. The smallest absolute Gasteiger partial charge is 0.352 e. The van der Waals surface area contributed by atoms with E-state index in [0.717, 1.165) is 16.0 Å². The number of hydrogen-bond donors (Lipinski definition) is 2. The summed E-state index contributed by atoms with van der Waals surface area (Å²) in [7, 11) is -1.56. The number of fused-ring (bicyclic) bond motifs is 1. The van der Waals surface area contributed by atoms with Gasteiger partial charge in [-0.3, -0.25) is 23.7 Å². The second kappa shape index (κ2) is 8.65. The molecule has 2 aliphatic heterocycles. The van der Waals surface area contributed by atoms with Crippen LogP contribution < -0.4 is 5.32 Å². The van der Waals surface area contributed by atoms with Crippen molar-refractivity contribution < 1.29 is 23.7 Å². The fraction of sp³-hybridized carbons (Fsp3) is 0.182. The maximum atomic E-state index is 12.8. The number of carboxylic acids is 1. The topological polar surface area (TPSA) is 117 Å². The van der Waals surface area contributed by atoms with Gasteiger partial charge in [0, 0.05) is 12.4 Å². The molecule has 2 amide bonds. The van der Waals surface area contributed by atoms with Crippen molar-refractivity contribution >= 4 is 34.7 Å². The number of carbonyl (C=O) groups is 3. The lowest BCUT2D eigenvalue weighted by molar-refractivity contribution is -0.150. The molecule has 1 saturated heterocycles. The minimum atomic E-state index is -1.56. The zero-order chi connectivity index (χ0) is 22.0. The van der Waals surface area contributed by atoms with E-state index in [2.05, 4.69) is 10.3 Å². The van der Waals surface area contributed by atoms with E-state index in [9.17, 15) is 23.7 Å². The summed E-state index contributed by atoms with van der Waals surface area (Å²) >= 11 is 0. The molecule has 9 heteroatoms. The number of aromatic nitrogens is 1. The van der Waals surface area contributed by atoms with Crippen LogP contribution in [0.4, 0.5) is 0 Å². The molecule has 2 N–H and O–H groups in total. The summed E-state index contributed by atoms with van der Waals surface area (Å²) in [6, 6.07) is 11.6. The van der Waals surface area contributed by atoms with Crippen molar-refractivity contribution in [1.29, 1.82) is 0 Å². The molecule has 158 valence electrons. The van der Waals surface area contributed by atoms with Crippen LogP contribution in [0.5, 0.6) is 0 Å². The number of hydrogen-bond acceptors (Lipinski definition) is 5. The van der Waals surface area contributed by atoms with E-state index >= 15 is 0 Å². The van der Waals surface area contributed by atoms with Crippen LogP contribution in [0.2, 0.25) is 0 Å². The minimum Gasteiger partial charge on any atom is -0.477 e. The highest BCUT2D eigenvalue weighted by Crippen LogP contribution is 2.35. The third kappa shape index (κ3) is 4.17. The van der Waals surface area contributed by atoms with Gasteiger partial charge in [0.25, 0.3) is 5.91 Å². The van der Waals surface area contributed by atoms with Gasteiger partial charge >= 0.3 is 5.97 Å². The monoisotopic (exact) mass is 437 g/mol. The van der Waals surface area contributed by atoms with Crippen molar-refractivity contribution in [3.8, 4) is 0 Å². The molecule has 3 heterocycles. The van der Waals surface area contributed by atoms with Gasteiger partial charge in [0.1, 0.15) is 17.1 Å². The van der Waals surface area contributed by atoms with Gasteiger partial charge in [-0.1, -0.05) is 48.6 Å². The standard InChI is InChI=1S/C22H19N3O5S/c26-17(11-14-5-2-1-3-6-14)24-18-20(27)25-19(22(28)29)16(13-31(30)21(18)25)9-8-15-7-4-10-23-12-15/h1-10,12,18,21H,11,13H2,(H,24,26)(H,28,29)/t18?,21-,31?/m0/s1. The summed E-state index contributed by atoms with van der Waals surface area (Å²) in [5, 5.41) is 11.4. The maximum Gasteiger partial charge on any atom is 0.352 e. The Kier molecular flexibility index (Phi) is 5.77. The predicted molar refractivity (Wildman–Crippen MR) is 114 cm³/mol. The van der Waals surface area contributed by atoms with E-state index in [1.165, 1.54) is 0 Å². The molecular weight excluding hydrogens is 418 g/mol. The van der Waals surface area contributed by atoms with Crippen LogP contribution in [-0.2, 0) is 31.6 Å². The van der Waals surface area contributed by atoms with E-state index in [-0.39, 0.29) is 29.4 Å². The molecule has 0 radical (unpaired) electrons. The number of allylic oxidation sites excluding steroid dienone is 1. The second-order valence-electron chi connectivity index (χ2n) is 7.13. The quantitative estimate of drug-likeness (QED) is 0.654. The fourth-order valence-corrected chi connectivity index (χ4v) is 5.25. The van der Waals surface area contributed by atoms with Gasteiger partial charge in [-0.05, 0) is 22.8 Å². The molecule has 2 aliphatic rings. The van der Waals surface area contributed by atoms with E-state index in [0.29, 0.717) is 0 Å². The van der Waals surface area contributed by atoms with Gasteiger partial charge in [-0.15, -0.1) is 0 Å². The molecule has 0 aliphatic carbocycles. The van der Waals surface area contributed by atoms with Crippen LogP contribution in [0.15, 0.2) is 72.2 Å². The number of nitrogens with one attached hydrogen (secondary N) is 1. The molecule has 0 bridgehead atoms. The lowest BCUT2D eigenvalue weighted by Gasteiger charge is -2.48. The van der Waals surface area contributed by atoms with Crippen LogP contribution in [0.3, 0.4) is 0 Å². The van der Waals surface area contributed by atoms with Gasteiger partial charge in [-0.2, -0.15) is 0 Å². The summed E-state index contributed by atoms with van der Waals surface area (Å²) in [6.07, 6.45) is 6.50. The van der Waals surface area contributed by atoms with Crippen molar-refractivity contribution in [3.63, 3.8) is 0 Å². The average molecular weight is 437 g/mol.